The van der Waals surface area contributed by atoms with Crippen LogP contribution in [0.25, 0.3) is 0 Å². The zero-order valence-electron chi connectivity index (χ0n) is 19.6. The summed E-state index contributed by atoms with van der Waals surface area (Å²) < 4.78 is 16.0. The van der Waals surface area contributed by atoms with Crippen LogP contribution in [-0.2, 0) is 19.0 Å². The first kappa shape index (κ1) is 24.2. The van der Waals surface area contributed by atoms with Gasteiger partial charge in [-0.1, -0.05) is 23.8 Å². The zero-order chi connectivity index (χ0) is 24.6. The first-order valence-corrected chi connectivity index (χ1v) is 11.8. The molecule has 0 aromatic carbocycles. The number of rotatable bonds is 9. The van der Waals surface area contributed by atoms with Crippen LogP contribution in [0.3, 0.4) is 0 Å². The molecule has 1 atom stereocenters. The van der Waals surface area contributed by atoms with E-state index >= 15 is 0 Å². The summed E-state index contributed by atoms with van der Waals surface area (Å²) in [6.07, 6.45) is 15.3. The lowest BCUT2D eigenvalue weighted by Crippen LogP contribution is -2.38. The molecule has 1 N–H and O–H groups in total. The third-order valence-electron chi connectivity index (χ3n) is 6.14. The monoisotopic (exact) mass is 483 g/mol. The van der Waals surface area contributed by atoms with Crippen molar-refractivity contribution in [2.24, 2.45) is 5.92 Å². The minimum absolute atomic E-state index is 0.100. The van der Waals surface area contributed by atoms with E-state index in [4.69, 9.17) is 14.2 Å². The molecule has 1 saturated heterocycles. The first-order valence-electron chi connectivity index (χ1n) is 11.8. The molecule has 0 bridgehead atoms. The second-order valence-corrected chi connectivity index (χ2v) is 8.40. The van der Waals surface area contributed by atoms with Crippen LogP contribution in [0.1, 0.15) is 39.0 Å². The van der Waals surface area contributed by atoms with E-state index in [0.29, 0.717) is 44.7 Å². The number of ether oxygens (including phenoxy) is 3. The number of hydrogen-bond acceptors (Lipinski definition) is 10. The predicted octanol–water partition coefficient (Wildman–Crippen LogP) is 3.97. The molecule has 3 aliphatic rings. The van der Waals surface area contributed by atoms with Crippen LogP contribution in [0.4, 0.5) is 17.3 Å². The summed E-state index contributed by atoms with van der Waals surface area (Å²) in [5, 5.41) is 15.4. The lowest BCUT2D eigenvalue weighted by Gasteiger charge is -2.31. The summed E-state index contributed by atoms with van der Waals surface area (Å²) in [5.74, 6) is 0.382. The van der Waals surface area contributed by atoms with Gasteiger partial charge in [0.05, 0.1) is 23.5 Å². The number of nitrogens with one attached hydrogen (secondary N) is 1. The van der Waals surface area contributed by atoms with E-state index in [-0.39, 0.29) is 29.2 Å². The Morgan fingerprint density at radius 3 is 2.83 bits per heavy atom. The smallest absolute Gasteiger partial charge is 0.353 e. The minimum Gasteiger partial charge on any atom is -0.466 e. The summed E-state index contributed by atoms with van der Waals surface area (Å²) in [6, 6.07) is -0.436. The van der Waals surface area contributed by atoms with Crippen LogP contribution < -0.4 is 10.2 Å². The third kappa shape index (κ3) is 5.97. The van der Waals surface area contributed by atoms with Gasteiger partial charge in [-0.25, -0.2) is 9.97 Å². The molecule has 0 amide bonds. The molecule has 1 unspecified atom stereocenters. The highest BCUT2D eigenvalue weighted by atomic mass is 16.6. The highest BCUT2D eigenvalue weighted by Crippen LogP contribution is 2.36. The van der Waals surface area contributed by atoms with Gasteiger partial charge in [0.2, 0.25) is 11.6 Å². The second kappa shape index (κ2) is 11.5. The molecule has 1 aliphatic carbocycles. The van der Waals surface area contributed by atoms with Gasteiger partial charge in [-0.05, 0) is 39.0 Å². The number of esters is 1. The number of nitro groups is 1. The van der Waals surface area contributed by atoms with Gasteiger partial charge in [0.25, 0.3) is 0 Å². The molecule has 2 aliphatic heterocycles. The summed E-state index contributed by atoms with van der Waals surface area (Å²) in [4.78, 5) is 34.1. The number of piperidine rings is 1. The molecule has 3 heterocycles. The maximum absolute atomic E-state index is 12.2. The Balaban J connectivity index is 1.56. The van der Waals surface area contributed by atoms with Gasteiger partial charge in [-0.15, -0.1) is 0 Å². The van der Waals surface area contributed by atoms with Crippen molar-refractivity contribution in [3.05, 3.63) is 64.8 Å². The number of anilines is 2. The van der Waals surface area contributed by atoms with E-state index in [2.05, 4.69) is 21.4 Å². The Kier molecular flexibility index (Phi) is 7.96. The molecule has 0 spiro atoms. The maximum Gasteiger partial charge on any atom is 0.353 e. The summed E-state index contributed by atoms with van der Waals surface area (Å²) in [7, 11) is 0. The lowest BCUT2D eigenvalue weighted by molar-refractivity contribution is -0.383. The molecule has 35 heavy (non-hydrogen) atoms. The summed E-state index contributed by atoms with van der Waals surface area (Å²) >= 11 is 0. The van der Waals surface area contributed by atoms with Gasteiger partial charge in [0, 0.05) is 13.1 Å². The van der Waals surface area contributed by atoms with E-state index in [9.17, 15) is 14.9 Å². The van der Waals surface area contributed by atoms with E-state index in [0.717, 1.165) is 12.8 Å². The Labute approximate surface area is 203 Å². The van der Waals surface area contributed by atoms with Crippen LogP contribution >= 0.6 is 0 Å². The predicted molar refractivity (Wildman–Crippen MR) is 128 cm³/mol. The fourth-order valence-electron chi connectivity index (χ4n) is 4.37. The third-order valence-corrected chi connectivity index (χ3v) is 6.14. The fourth-order valence-corrected chi connectivity index (χ4v) is 4.37. The van der Waals surface area contributed by atoms with Crippen LogP contribution in [0.15, 0.2) is 54.7 Å². The number of aromatic nitrogens is 2. The standard InChI is InChI=1S/C24H29N5O6/c1-2-34-24(30)18-8-10-28(11-9-18)23-21(29(31)32)22(25-16-26-23)27-19(20-15-33-12-13-35-20)14-17-6-4-3-5-7-17/h3-4,6,12-13,15-16,18-19H,2,5,7-11,14H2,1H3,(H,25,26,27). The van der Waals surface area contributed by atoms with Gasteiger partial charge in [-0.3, -0.25) is 14.9 Å². The molecular formula is C24H29N5O6. The number of carbonyl (C=O) groups is 1. The topological polar surface area (TPSA) is 129 Å². The number of hydrogen-bond donors (Lipinski definition) is 1. The lowest BCUT2D eigenvalue weighted by atomic mass is 9.96. The van der Waals surface area contributed by atoms with Crippen molar-refractivity contribution in [2.45, 2.75) is 45.1 Å². The number of allylic oxidation sites excluding steroid dienone is 3. The van der Waals surface area contributed by atoms with Gasteiger partial charge in [0.15, 0.2) is 5.76 Å². The van der Waals surface area contributed by atoms with Crippen molar-refractivity contribution in [2.75, 3.05) is 29.9 Å². The molecule has 1 aromatic rings. The summed E-state index contributed by atoms with van der Waals surface area (Å²) in [6.45, 7) is 3.02. The molecule has 1 aromatic heterocycles. The van der Waals surface area contributed by atoms with Crippen molar-refractivity contribution in [3.8, 4) is 0 Å². The van der Waals surface area contributed by atoms with Gasteiger partial charge in [-0.2, -0.15) is 0 Å². The van der Waals surface area contributed by atoms with Crippen LogP contribution in [0.2, 0.25) is 0 Å². The average Bonchev–Trinajstić information content (AvgIpc) is 2.89. The zero-order valence-corrected chi connectivity index (χ0v) is 19.6. The largest absolute Gasteiger partial charge is 0.466 e. The molecular weight excluding hydrogens is 454 g/mol. The van der Waals surface area contributed by atoms with Crippen molar-refractivity contribution < 1.29 is 23.9 Å². The van der Waals surface area contributed by atoms with Crippen LogP contribution in [0, 0.1) is 16.0 Å². The highest BCUT2D eigenvalue weighted by molar-refractivity contribution is 5.74. The molecule has 186 valence electrons. The second-order valence-electron chi connectivity index (χ2n) is 8.40. The van der Waals surface area contributed by atoms with E-state index < -0.39 is 11.0 Å². The molecule has 0 radical (unpaired) electrons. The Hall–Kier alpha value is -3.89. The minimum atomic E-state index is -0.471. The van der Waals surface area contributed by atoms with Gasteiger partial charge >= 0.3 is 11.7 Å². The Morgan fingerprint density at radius 1 is 1.34 bits per heavy atom. The van der Waals surface area contributed by atoms with Crippen molar-refractivity contribution in [1.29, 1.82) is 0 Å². The summed E-state index contributed by atoms with van der Waals surface area (Å²) in [5.41, 5.74) is 0.972. The van der Waals surface area contributed by atoms with Gasteiger partial charge < -0.3 is 24.4 Å². The van der Waals surface area contributed by atoms with E-state index in [1.807, 2.05) is 17.1 Å². The van der Waals surface area contributed by atoms with E-state index in [1.165, 1.54) is 30.7 Å². The van der Waals surface area contributed by atoms with Crippen molar-refractivity contribution in [3.63, 3.8) is 0 Å². The normalized spacial score (nSPS) is 18.6. The average molecular weight is 484 g/mol. The molecule has 1 fully saturated rings. The fraction of sp³-hybridized carbons (Fsp3) is 0.458. The first-order chi connectivity index (χ1) is 17.1. The molecule has 0 saturated carbocycles. The maximum atomic E-state index is 12.2. The molecule has 4 rings (SSSR count). The van der Waals surface area contributed by atoms with Crippen molar-refractivity contribution in [1.82, 2.24) is 9.97 Å². The van der Waals surface area contributed by atoms with E-state index in [1.54, 1.807) is 6.92 Å². The van der Waals surface area contributed by atoms with Gasteiger partial charge in [0.1, 0.15) is 25.1 Å². The van der Waals surface area contributed by atoms with Crippen LogP contribution in [0.5, 0.6) is 0 Å². The highest BCUT2D eigenvalue weighted by Gasteiger charge is 2.33. The Morgan fingerprint density at radius 2 is 2.17 bits per heavy atom. The quantitative estimate of drug-likeness (QED) is 0.313. The number of nitrogens with zero attached hydrogens (tertiary/aromatic N) is 4. The SMILES string of the molecule is CCOC(=O)C1CCN(c2ncnc(NC(CC3=CC=CCC3)C3=COC=CO3)c2[N+](=O)[O-])CC1. The molecule has 11 heteroatoms. The Bertz CT molecular complexity index is 1060. The van der Waals surface area contributed by atoms with Crippen LogP contribution in [-0.4, -0.2) is 46.6 Å². The van der Waals surface area contributed by atoms with Crippen molar-refractivity contribution >= 4 is 23.3 Å². The molecule has 11 nitrogen and oxygen atoms in total. The number of carbonyl (C=O) groups excluding carboxylic acids is 1.